The zero-order valence-corrected chi connectivity index (χ0v) is 11.3. The fraction of sp³-hybridized carbons (Fsp3) is 0.111. The van der Waals surface area contributed by atoms with Crippen LogP contribution in [0.5, 0.6) is 5.75 Å². The van der Waals surface area contributed by atoms with E-state index in [1.807, 2.05) is 54.6 Å². The number of rotatable bonds is 3. The van der Waals surface area contributed by atoms with E-state index in [9.17, 15) is 5.11 Å². The SMILES string of the molecule is COCc1cc2ccccc2c(O)c1-c1ccccc1. The molecule has 2 heteroatoms. The molecule has 0 spiro atoms. The van der Waals surface area contributed by atoms with E-state index in [0.717, 1.165) is 27.5 Å². The van der Waals surface area contributed by atoms with E-state index < -0.39 is 0 Å². The highest BCUT2D eigenvalue weighted by molar-refractivity contribution is 5.96. The normalized spacial score (nSPS) is 10.8. The zero-order valence-electron chi connectivity index (χ0n) is 11.3. The van der Waals surface area contributed by atoms with Gasteiger partial charge in [-0.1, -0.05) is 54.6 Å². The smallest absolute Gasteiger partial charge is 0.131 e. The molecule has 0 bridgehead atoms. The van der Waals surface area contributed by atoms with Crippen LogP contribution in [0.25, 0.3) is 21.9 Å². The second kappa shape index (κ2) is 5.35. The summed E-state index contributed by atoms with van der Waals surface area (Å²) >= 11 is 0. The van der Waals surface area contributed by atoms with Gasteiger partial charge in [0.15, 0.2) is 0 Å². The zero-order chi connectivity index (χ0) is 13.9. The molecule has 100 valence electrons. The molecule has 3 aromatic rings. The highest BCUT2D eigenvalue weighted by atomic mass is 16.5. The number of hydrogen-bond donors (Lipinski definition) is 1. The van der Waals surface area contributed by atoms with Crippen LogP contribution in [0.15, 0.2) is 60.7 Å². The van der Waals surface area contributed by atoms with Crippen LogP contribution in [0.2, 0.25) is 0 Å². The van der Waals surface area contributed by atoms with Crippen molar-refractivity contribution in [3.8, 4) is 16.9 Å². The first-order valence-electron chi connectivity index (χ1n) is 6.59. The summed E-state index contributed by atoms with van der Waals surface area (Å²) in [6.07, 6.45) is 0. The van der Waals surface area contributed by atoms with Gasteiger partial charge in [-0.05, 0) is 22.6 Å². The van der Waals surface area contributed by atoms with Crippen LogP contribution in [0.4, 0.5) is 0 Å². The molecule has 0 fully saturated rings. The quantitative estimate of drug-likeness (QED) is 0.761. The van der Waals surface area contributed by atoms with Crippen molar-refractivity contribution in [3.05, 3.63) is 66.2 Å². The highest BCUT2D eigenvalue weighted by Gasteiger charge is 2.14. The Hall–Kier alpha value is -2.32. The summed E-state index contributed by atoms with van der Waals surface area (Å²) in [6.45, 7) is 0.475. The molecule has 1 N–H and O–H groups in total. The van der Waals surface area contributed by atoms with Crippen LogP contribution >= 0.6 is 0 Å². The monoisotopic (exact) mass is 264 g/mol. The van der Waals surface area contributed by atoms with Crippen LogP contribution < -0.4 is 0 Å². The van der Waals surface area contributed by atoms with Crippen molar-refractivity contribution in [2.75, 3.05) is 7.11 Å². The summed E-state index contributed by atoms with van der Waals surface area (Å²) in [6, 6.07) is 19.9. The number of aromatic hydroxyl groups is 1. The van der Waals surface area contributed by atoms with Gasteiger partial charge in [0.25, 0.3) is 0 Å². The molecule has 0 saturated carbocycles. The number of ether oxygens (including phenoxy) is 1. The van der Waals surface area contributed by atoms with E-state index in [0.29, 0.717) is 12.4 Å². The lowest BCUT2D eigenvalue weighted by molar-refractivity contribution is 0.185. The number of methoxy groups -OCH3 is 1. The maximum Gasteiger partial charge on any atom is 0.131 e. The Morgan fingerprint density at radius 3 is 2.40 bits per heavy atom. The molecule has 0 aliphatic rings. The van der Waals surface area contributed by atoms with Crippen molar-refractivity contribution in [2.24, 2.45) is 0 Å². The number of hydrogen-bond acceptors (Lipinski definition) is 2. The molecule has 0 aliphatic carbocycles. The summed E-state index contributed by atoms with van der Waals surface area (Å²) in [5, 5.41) is 12.5. The van der Waals surface area contributed by atoms with Gasteiger partial charge in [0.05, 0.1) is 6.61 Å². The third-order valence-corrected chi connectivity index (χ3v) is 3.47. The Balaban J connectivity index is 2.33. The second-order valence-corrected chi connectivity index (χ2v) is 4.78. The van der Waals surface area contributed by atoms with Gasteiger partial charge in [0, 0.05) is 18.1 Å². The van der Waals surface area contributed by atoms with E-state index in [1.54, 1.807) is 7.11 Å². The Kier molecular flexibility index (Phi) is 3.40. The van der Waals surface area contributed by atoms with Crippen LogP contribution in [-0.2, 0) is 11.3 Å². The molecule has 3 rings (SSSR count). The predicted molar refractivity (Wildman–Crippen MR) is 81.8 cm³/mol. The minimum Gasteiger partial charge on any atom is -0.507 e. The summed E-state index contributed by atoms with van der Waals surface area (Å²) in [5.41, 5.74) is 2.85. The van der Waals surface area contributed by atoms with Gasteiger partial charge in [-0.3, -0.25) is 0 Å². The fourth-order valence-electron chi connectivity index (χ4n) is 2.58. The minimum absolute atomic E-state index is 0.321. The summed E-state index contributed by atoms with van der Waals surface area (Å²) in [7, 11) is 1.67. The van der Waals surface area contributed by atoms with Crippen LogP contribution in [0.3, 0.4) is 0 Å². The largest absolute Gasteiger partial charge is 0.507 e. The average Bonchev–Trinajstić information content (AvgIpc) is 2.49. The van der Waals surface area contributed by atoms with Crippen molar-refractivity contribution in [3.63, 3.8) is 0 Å². The molecule has 0 heterocycles. The van der Waals surface area contributed by atoms with E-state index in [-0.39, 0.29) is 0 Å². The van der Waals surface area contributed by atoms with Crippen LogP contribution in [0, 0.1) is 0 Å². The first-order chi connectivity index (χ1) is 9.81. The van der Waals surface area contributed by atoms with Crippen molar-refractivity contribution in [2.45, 2.75) is 6.61 Å². The first-order valence-corrected chi connectivity index (χ1v) is 6.59. The van der Waals surface area contributed by atoms with Crippen molar-refractivity contribution in [1.82, 2.24) is 0 Å². The third-order valence-electron chi connectivity index (χ3n) is 3.47. The Bertz CT molecular complexity index is 733. The van der Waals surface area contributed by atoms with E-state index >= 15 is 0 Å². The van der Waals surface area contributed by atoms with Gasteiger partial charge < -0.3 is 9.84 Å². The highest BCUT2D eigenvalue weighted by Crippen LogP contribution is 2.39. The van der Waals surface area contributed by atoms with Gasteiger partial charge in [-0.2, -0.15) is 0 Å². The predicted octanol–water partition coefficient (Wildman–Crippen LogP) is 4.36. The number of phenols is 1. The van der Waals surface area contributed by atoms with Crippen molar-refractivity contribution < 1.29 is 9.84 Å². The fourth-order valence-corrected chi connectivity index (χ4v) is 2.58. The molecule has 0 radical (unpaired) electrons. The standard InChI is InChI=1S/C18H16O2/c1-20-12-15-11-14-9-5-6-10-16(14)18(19)17(15)13-7-3-2-4-8-13/h2-11,19H,12H2,1H3. The average molecular weight is 264 g/mol. The van der Waals surface area contributed by atoms with Gasteiger partial charge >= 0.3 is 0 Å². The van der Waals surface area contributed by atoms with Gasteiger partial charge in [0.2, 0.25) is 0 Å². The Morgan fingerprint density at radius 1 is 0.950 bits per heavy atom. The summed E-state index contributed by atoms with van der Waals surface area (Å²) in [4.78, 5) is 0. The molecular formula is C18H16O2. The lowest BCUT2D eigenvalue weighted by Crippen LogP contribution is -1.94. The molecule has 0 saturated heterocycles. The van der Waals surface area contributed by atoms with Crippen LogP contribution in [-0.4, -0.2) is 12.2 Å². The number of phenolic OH excluding ortho intramolecular Hbond substituents is 1. The molecule has 20 heavy (non-hydrogen) atoms. The van der Waals surface area contributed by atoms with Gasteiger partial charge in [0.1, 0.15) is 5.75 Å². The lowest BCUT2D eigenvalue weighted by Gasteiger charge is -2.14. The molecule has 0 atom stereocenters. The minimum atomic E-state index is 0.321. The van der Waals surface area contributed by atoms with Gasteiger partial charge in [-0.25, -0.2) is 0 Å². The third kappa shape index (κ3) is 2.15. The molecule has 0 aliphatic heterocycles. The Morgan fingerprint density at radius 2 is 1.65 bits per heavy atom. The van der Waals surface area contributed by atoms with Crippen molar-refractivity contribution in [1.29, 1.82) is 0 Å². The topological polar surface area (TPSA) is 29.5 Å². The molecule has 0 amide bonds. The summed E-state index contributed by atoms with van der Waals surface area (Å²) < 4.78 is 5.28. The van der Waals surface area contributed by atoms with Crippen molar-refractivity contribution >= 4 is 10.8 Å². The second-order valence-electron chi connectivity index (χ2n) is 4.78. The number of benzene rings is 3. The molecule has 0 unspecified atom stereocenters. The van der Waals surface area contributed by atoms with E-state index in [1.165, 1.54) is 0 Å². The molecule has 3 aromatic carbocycles. The van der Waals surface area contributed by atoms with Crippen LogP contribution in [0.1, 0.15) is 5.56 Å². The molecule has 2 nitrogen and oxygen atoms in total. The molecule has 0 aromatic heterocycles. The maximum absolute atomic E-state index is 10.7. The van der Waals surface area contributed by atoms with E-state index in [4.69, 9.17) is 4.74 Å². The first kappa shape index (κ1) is 12.7. The van der Waals surface area contributed by atoms with E-state index in [2.05, 4.69) is 6.07 Å². The summed E-state index contributed by atoms with van der Waals surface area (Å²) in [5.74, 6) is 0.321. The lowest BCUT2D eigenvalue weighted by atomic mass is 9.94. The molecular weight excluding hydrogens is 248 g/mol. The van der Waals surface area contributed by atoms with Gasteiger partial charge in [-0.15, -0.1) is 0 Å². The number of fused-ring (bicyclic) bond motifs is 1. The maximum atomic E-state index is 10.7. The Labute approximate surface area is 118 Å².